The molecule has 2 atom stereocenters. The average Bonchev–Trinajstić information content (AvgIpc) is 3.56. The van der Waals surface area contributed by atoms with Gasteiger partial charge in [0.15, 0.2) is 0 Å². The third-order valence-corrected chi connectivity index (χ3v) is 24.9. The van der Waals surface area contributed by atoms with Gasteiger partial charge in [-0.1, -0.05) is 0 Å². The molecule has 2 heteroatoms. The summed E-state index contributed by atoms with van der Waals surface area (Å²) in [6, 6.07) is 45.5. The van der Waals surface area contributed by atoms with Crippen LogP contribution in [0.15, 0.2) is 132 Å². The zero-order valence-electron chi connectivity index (χ0n) is 25.9. The van der Waals surface area contributed by atoms with E-state index in [0.29, 0.717) is 8.45 Å². The van der Waals surface area contributed by atoms with Crippen LogP contribution in [-0.4, -0.2) is 6.66 Å². The number of fused-ring (bicyclic) bond motifs is 4. The van der Waals surface area contributed by atoms with Crippen LogP contribution in [0.4, 0.5) is 0 Å². The molecule has 0 aromatic heterocycles. The fourth-order valence-corrected chi connectivity index (χ4v) is 23.8. The first kappa shape index (κ1) is 27.8. The van der Waals surface area contributed by atoms with Crippen molar-refractivity contribution in [1.29, 1.82) is 0 Å². The Morgan fingerprint density at radius 1 is 0.455 bits per heavy atom. The van der Waals surface area contributed by atoms with E-state index in [-0.39, 0.29) is 0 Å². The molecular weight excluding hydrogens is 580 g/mol. The third kappa shape index (κ3) is 4.37. The minimum atomic E-state index is -1.71. The van der Waals surface area contributed by atoms with Crippen molar-refractivity contribution in [3.63, 3.8) is 0 Å². The number of allylic oxidation sites excluding steroid dienone is 2. The van der Waals surface area contributed by atoms with E-state index < -0.39 is 23.8 Å². The summed E-state index contributed by atoms with van der Waals surface area (Å²) in [6.07, 6.45) is 5.12. The molecule has 0 nitrogen and oxygen atoms in total. The van der Waals surface area contributed by atoms with Crippen molar-refractivity contribution < 1.29 is 17.1 Å². The first-order chi connectivity index (χ1) is 21.5. The topological polar surface area (TPSA) is 0 Å². The van der Waals surface area contributed by atoms with Crippen molar-refractivity contribution in [3.05, 3.63) is 155 Å². The van der Waals surface area contributed by atoms with Crippen LogP contribution in [0.2, 0.25) is 13.1 Å². The first-order valence-corrected chi connectivity index (χ1v) is 23.4. The average molecular weight is 618 g/mol. The fourth-order valence-electron chi connectivity index (χ4n) is 8.21. The van der Waals surface area contributed by atoms with E-state index in [1.165, 1.54) is 54.9 Å². The van der Waals surface area contributed by atoms with Gasteiger partial charge in [0, 0.05) is 0 Å². The maximum atomic E-state index is 2.65. The number of hydrogen-bond donors (Lipinski definition) is 0. The molecule has 6 aromatic rings. The van der Waals surface area contributed by atoms with Crippen LogP contribution >= 0.6 is 0 Å². The van der Waals surface area contributed by atoms with Crippen LogP contribution in [0, 0.1) is 0 Å². The van der Waals surface area contributed by atoms with Gasteiger partial charge in [0.1, 0.15) is 0 Å². The Kier molecular flexibility index (Phi) is 6.94. The predicted molar refractivity (Wildman–Crippen MR) is 190 cm³/mol. The van der Waals surface area contributed by atoms with Gasteiger partial charge in [0.05, 0.1) is 0 Å². The van der Waals surface area contributed by atoms with Gasteiger partial charge >= 0.3 is 270 Å². The second kappa shape index (κ2) is 11.0. The molecule has 213 valence electrons. The second-order valence-corrected chi connectivity index (χ2v) is 26.8. The predicted octanol–water partition coefficient (Wildman–Crippen LogP) is 11.5. The molecule has 0 heterocycles. The monoisotopic (exact) mass is 617 g/mol. The van der Waals surface area contributed by atoms with Crippen LogP contribution < -0.4 is 0 Å². The zero-order chi connectivity index (χ0) is 29.9. The van der Waals surface area contributed by atoms with E-state index in [4.69, 9.17) is 0 Å². The van der Waals surface area contributed by atoms with Crippen LogP contribution in [0.25, 0.3) is 56.0 Å². The van der Waals surface area contributed by atoms with E-state index in [1.807, 2.05) is 0 Å². The molecular formula is C42H37SiTi. The molecule has 6 aromatic carbocycles. The Labute approximate surface area is 268 Å². The molecule has 2 aliphatic carbocycles. The van der Waals surface area contributed by atoms with E-state index >= 15 is 0 Å². The van der Waals surface area contributed by atoms with Gasteiger partial charge in [0.25, 0.3) is 0 Å². The zero-order valence-corrected chi connectivity index (χ0v) is 28.7. The third-order valence-electron chi connectivity index (χ3n) is 10.0. The number of benzene rings is 6. The van der Waals surface area contributed by atoms with Crippen molar-refractivity contribution in [2.75, 3.05) is 0 Å². The Hall–Kier alpha value is -3.75. The van der Waals surface area contributed by atoms with Crippen molar-refractivity contribution in [1.82, 2.24) is 0 Å². The second-order valence-electron chi connectivity index (χ2n) is 13.0. The van der Waals surface area contributed by atoms with Crippen LogP contribution in [0.5, 0.6) is 0 Å². The number of rotatable bonds is 5. The molecule has 0 aliphatic heterocycles. The van der Waals surface area contributed by atoms with E-state index in [2.05, 4.69) is 160 Å². The molecule has 0 amide bonds. The summed E-state index contributed by atoms with van der Waals surface area (Å²) >= 11 is -1.71. The SMILES string of the molecule is CC1=Cc2c(-c3cccc4ccccc34)cccc2[CH]1[Ti]([CH]1C(C)=Cc2c(-c3cccc4ccccc34)cccc21)[SiH](C)C. The Morgan fingerprint density at radius 2 is 0.841 bits per heavy atom. The minimum absolute atomic E-state index is 0.604. The van der Waals surface area contributed by atoms with Gasteiger partial charge in [-0.2, -0.15) is 0 Å². The van der Waals surface area contributed by atoms with Gasteiger partial charge in [-0.05, 0) is 0 Å². The summed E-state index contributed by atoms with van der Waals surface area (Å²) in [4.78, 5) is 0. The van der Waals surface area contributed by atoms with Crippen LogP contribution in [0.3, 0.4) is 0 Å². The summed E-state index contributed by atoms with van der Waals surface area (Å²) in [7, 11) is 0. The molecule has 0 radical (unpaired) electrons. The normalized spacial score (nSPS) is 17.1. The molecule has 0 saturated carbocycles. The van der Waals surface area contributed by atoms with E-state index in [1.54, 1.807) is 22.3 Å². The Morgan fingerprint density at radius 3 is 1.30 bits per heavy atom. The molecule has 0 bridgehead atoms. The van der Waals surface area contributed by atoms with Gasteiger partial charge in [-0.25, -0.2) is 0 Å². The quantitative estimate of drug-likeness (QED) is 0.169. The summed E-state index contributed by atoms with van der Waals surface area (Å²) < 4.78 is 1.21. The van der Waals surface area contributed by atoms with E-state index in [0.717, 1.165) is 0 Å². The molecule has 0 N–H and O–H groups in total. The molecule has 0 saturated heterocycles. The molecule has 0 fully saturated rings. The first-order valence-electron chi connectivity index (χ1n) is 16.0. The molecule has 8 rings (SSSR count). The van der Waals surface area contributed by atoms with Crippen molar-refractivity contribution in [2.24, 2.45) is 0 Å². The summed E-state index contributed by atoms with van der Waals surface area (Å²) in [5.74, 6) is 0. The molecule has 2 aliphatic rings. The van der Waals surface area contributed by atoms with Crippen LogP contribution in [0.1, 0.15) is 44.5 Å². The van der Waals surface area contributed by atoms with Gasteiger partial charge in [-0.3, -0.25) is 0 Å². The van der Waals surface area contributed by atoms with E-state index in [9.17, 15) is 0 Å². The Bertz CT molecular complexity index is 1990. The van der Waals surface area contributed by atoms with Gasteiger partial charge in [0.2, 0.25) is 0 Å². The summed E-state index contributed by atoms with van der Waals surface area (Å²) in [6.45, 7) is 9.20. The van der Waals surface area contributed by atoms with Gasteiger partial charge < -0.3 is 0 Å². The van der Waals surface area contributed by atoms with Crippen LogP contribution in [-0.2, 0) is 17.1 Å². The maximum absolute atomic E-state index is 2.65. The summed E-state index contributed by atoms with van der Waals surface area (Å²) in [5, 5.41) is 5.31. The molecule has 0 spiro atoms. The van der Waals surface area contributed by atoms with Crippen molar-refractivity contribution in [3.8, 4) is 22.3 Å². The fraction of sp³-hybridized carbons (Fsp3) is 0.143. The summed E-state index contributed by atoms with van der Waals surface area (Å²) in [5.41, 5.74) is 14.8. The molecule has 2 unspecified atom stereocenters. The van der Waals surface area contributed by atoms with Crippen molar-refractivity contribution in [2.45, 2.75) is 35.4 Å². The number of hydrogen-bond acceptors (Lipinski definition) is 0. The van der Waals surface area contributed by atoms with Crippen molar-refractivity contribution >= 4 is 40.4 Å². The van der Waals surface area contributed by atoms with Gasteiger partial charge in [-0.15, -0.1) is 0 Å². The standard InChI is InChI=1S/2C20H15.C2H7Si.Ti/c2*1-14-12-16-8-5-11-19(20(16)13-14)18-10-4-7-15-6-2-3-9-17(15)18;1-3-2;/h2*2-13H,1H3;3H,1-2H3;. The molecule has 44 heavy (non-hydrogen) atoms. The Balaban J connectivity index is 1.26.